The van der Waals surface area contributed by atoms with Crippen LogP contribution in [-0.4, -0.2) is 31.2 Å². The molecule has 0 aromatic carbocycles. The van der Waals surface area contributed by atoms with Gasteiger partial charge in [0.05, 0.1) is 6.61 Å². The average Bonchev–Trinajstić information content (AvgIpc) is 2.28. The Hall–Kier alpha value is -1.29. The molecule has 0 bridgehead atoms. The highest BCUT2D eigenvalue weighted by molar-refractivity contribution is 5.51. The van der Waals surface area contributed by atoms with Crippen LogP contribution in [0, 0.1) is 5.92 Å². The van der Waals surface area contributed by atoms with Crippen LogP contribution in [0.5, 0.6) is 5.75 Å². The first-order valence-electron chi connectivity index (χ1n) is 6.25. The van der Waals surface area contributed by atoms with E-state index in [1.807, 2.05) is 19.1 Å². The van der Waals surface area contributed by atoms with Crippen LogP contribution in [0.4, 0.5) is 5.82 Å². The average molecular weight is 235 g/mol. The predicted octanol–water partition coefficient (Wildman–Crippen LogP) is 1.65. The second-order valence-electron chi connectivity index (χ2n) is 4.74. The standard InChI is InChI=1S/C13H21N3O/c1-3-17-12-5-4-6-15-13(12)16(2)9-10-7-11(14)8-10/h4-6,10-11H,3,7-9,14H2,1-2H3. The fraction of sp³-hybridized carbons (Fsp3) is 0.615. The zero-order valence-corrected chi connectivity index (χ0v) is 10.6. The van der Waals surface area contributed by atoms with Crippen molar-refractivity contribution in [3.05, 3.63) is 18.3 Å². The highest BCUT2D eigenvalue weighted by Crippen LogP contribution is 2.30. The van der Waals surface area contributed by atoms with Gasteiger partial charge in [-0.1, -0.05) is 0 Å². The van der Waals surface area contributed by atoms with Gasteiger partial charge in [-0.05, 0) is 37.8 Å². The molecule has 0 atom stereocenters. The molecule has 0 radical (unpaired) electrons. The molecule has 2 N–H and O–H groups in total. The van der Waals surface area contributed by atoms with E-state index >= 15 is 0 Å². The lowest BCUT2D eigenvalue weighted by Crippen LogP contribution is -2.42. The van der Waals surface area contributed by atoms with Gasteiger partial charge in [0, 0.05) is 25.8 Å². The summed E-state index contributed by atoms with van der Waals surface area (Å²) in [6.07, 6.45) is 4.06. The minimum Gasteiger partial charge on any atom is -0.490 e. The Morgan fingerprint density at radius 1 is 1.53 bits per heavy atom. The van der Waals surface area contributed by atoms with E-state index in [9.17, 15) is 0 Å². The van der Waals surface area contributed by atoms with Gasteiger partial charge in [0.15, 0.2) is 11.6 Å². The molecule has 1 saturated carbocycles. The Kier molecular flexibility index (Phi) is 3.84. The Labute approximate surface area is 103 Å². The number of hydrogen-bond donors (Lipinski definition) is 1. The number of nitrogens with zero attached hydrogens (tertiary/aromatic N) is 2. The van der Waals surface area contributed by atoms with Gasteiger partial charge >= 0.3 is 0 Å². The molecule has 0 unspecified atom stereocenters. The maximum Gasteiger partial charge on any atom is 0.171 e. The minimum absolute atomic E-state index is 0.406. The lowest BCUT2D eigenvalue weighted by Gasteiger charge is -2.35. The summed E-state index contributed by atoms with van der Waals surface area (Å²) in [6, 6.07) is 4.28. The highest BCUT2D eigenvalue weighted by atomic mass is 16.5. The molecule has 4 heteroatoms. The predicted molar refractivity (Wildman–Crippen MR) is 69.4 cm³/mol. The summed E-state index contributed by atoms with van der Waals surface area (Å²) in [4.78, 5) is 6.57. The van der Waals surface area contributed by atoms with Crippen LogP contribution in [0.15, 0.2) is 18.3 Å². The van der Waals surface area contributed by atoms with Gasteiger partial charge in [0.2, 0.25) is 0 Å². The van der Waals surface area contributed by atoms with Crippen molar-refractivity contribution in [1.29, 1.82) is 0 Å². The van der Waals surface area contributed by atoms with Crippen LogP contribution in [0.25, 0.3) is 0 Å². The Morgan fingerprint density at radius 2 is 2.29 bits per heavy atom. The van der Waals surface area contributed by atoms with Gasteiger partial charge in [0.1, 0.15) is 0 Å². The van der Waals surface area contributed by atoms with Crippen molar-refractivity contribution >= 4 is 5.82 Å². The van der Waals surface area contributed by atoms with E-state index in [2.05, 4.69) is 16.9 Å². The smallest absolute Gasteiger partial charge is 0.171 e. The molecule has 1 aromatic rings. The summed E-state index contributed by atoms with van der Waals surface area (Å²) in [7, 11) is 2.06. The summed E-state index contributed by atoms with van der Waals surface area (Å²) in [6.45, 7) is 3.66. The van der Waals surface area contributed by atoms with Crippen molar-refractivity contribution in [1.82, 2.24) is 4.98 Å². The molecule has 1 aliphatic carbocycles. The fourth-order valence-corrected chi connectivity index (χ4v) is 2.35. The third-order valence-corrected chi connectivity index (χ3v) is 3.22. The first-order valence-corrected chi connectivity index (χ1v) is 6.25. The number of pyridine rings is 1. The van der Waals surface area contributed by atoms with Crippen LogP contribution >= 0.6 is 0 Å². The molecule has 1 fully saturated rings. The second kappa shape index (κ2) is 5.36. The molecule has 1 heterocycles. The van der Waals surface area contributed by atoms with E-state index < -0.39 is 0 Å². The molecular formula is C13H21N3O. The van der Waals surface area contributed by atoms with Gasteiger partial charge in [-0.25, -0.2) is 4.98 Å². The van der Waals surface area contributed by atoms with Gasteiger partial charge in [-0.3, -0.25) is 0 Å². The summed E-state index contributed by atoms with van der Waals surface area (Å²) in [5.74, 6) is 2.49. The number of aromatic nitrogens is 1. The number of rotatable bonds is 5. The third-order valence-electron chi connectivity index (χ3n) is 3.22. The first-order chi connectivity index (χ1) is 8.20. The summed E-state index contributed by atoms with van der Waals surface area (Å²) in [5, 5.41) is 0. The molecular weight excluding hydrogens is 214 g/mol. The zero-order chi connectivity index (χ0) is 12.3. The fourth-order valence-electron chi connectivity index (χ4n) is 2.35. The number of nitrogens with two attached hydrogens (primary N) is 1. The second-order valence-corrected chi connectivity index (χ2v) is 4.74. The molecule has 2 rings (SSSR count). The van der Waals surface area contributed by atoms with Gasteiger partial charge in [-0.15, -0.1) is 0 Å². The number of hydrogen-bond acceptors (Lipinski definition) is 4. The number of anilines is 1. The van der Waals surface area contributed by atoms with Crippen molar-refractivity contribution in [3.63, 3.8) is 0 Å². The molecule has 0 aliphatic heterocycles. The van der Waals surface area contributed by atoms with Gasteiger partial charge < -0.3 is 15.4 Å². The molecule has 0 amide bonds. The lowest BCUT2D eigenvalue weighted by atomic mass is 9.80. The summed E-state index contributed by atoms with van der Waals surface area (Å²) in [5.41, 5.74) is 5.80. The summed E-state index contributed by atoms with van der Waals surface area (Å²) >= 11 is 0. The molecule has 4 nitrogen and oxygen atoms in total. The van der Waals surface area contributed by atoms with E-state index in [1.165, 1.54) is 0 Å². The van der Waals surface area contributed by atoms with Crippen LogP contribution in [0.1, 0.15) is 19.8 Å². The van der Waals surface area contributed by atoms with Crippen molar-refractivity contribution in [2.45, 2.75) is 25.8 Å². The Morgan fingerprint density at radius 3 is 2.94 bits per heavy atom. The monoisotopic (exact) mass is 235 g/mol. The first kappa shape index (κ1) is 12.2. The Balaban J connectivity index is 1.99. The SMILES string of the molecule is CCOc1cccnc1N(C)CC1CC(N)C1. The molecule has 1 aromatic heterocycles. The van der Waals surface area contributed by atoms with Crippen molar-refractivity contribution in [3.8, 4) is 5.75 Å². The Bertz CT molecular complexity index is 363. The van der Waals surface area contributed by atoms with E-state index in [1.54, 1.807) is 6.20 Å². The largest absolute Gasteiger partial charge is 0.490 e. The molecule has 17 heavy (non-hydrogen) atoms. The van der Waals surface area contributed by atoms with Crippen LogP contribution < -0.4 is 15.4 Å². The van der Waals surface area contributed by atoms with E-state index in [0.29, 0.717) is 18.6 Å². The van der Waals surface area contributed by atoms with Gasteiger partial charge in [0.25, 0.3) is 0 Å². The third kappa shape index (κ3) is 2.88. The van der Waals surface area contributed by atoms with Crippen LogP contribution in [0.2, 0.25) is 0 Å². The molecule has 0 spiro atoms. The molecule has 0 saturated heterocycles. The lowest BCUT2D eigenvalue weighted by molar-refractivity contribution is 0.269. The summed E-state index contributed by atoms with van der Waals surface area (Å²) < 4.78 is 5.58. The minimum atomic E-state index is 0.406. The van der Waals surface area contributed by atoms with Crippen molar-refractivity contribution in [2.24, 2.45) is 11.7 Å². The quantitative estimate of drug-likeness (QED) is 0.843. The zero-order valence-electron chi connectivity index (χ0n) is 10.6. The van der Waals surface area contributed by atoms with E-state index in [-0.39, 0.29) is 0 Å². The van der Waals surface area contributed by atoms with E-state index in [4.69, 9.17) is 10.5 Å². The maximum absolute atomic E-state index is 5.80. The van der Waals surface area contributed by atoms with Crippen LogP contribution in [0.3, 0.4) is 0 Å². The molecule has 1 aliphatic rings. The van der Waals surface area contributed by atoms with Crippen LogP contribution in [-0.2, 0) is 0 Å². The maximum atomic E-state index is 5.80. The normalized spacial score (nSPS) is 23.0. The van der Waals surface area contributed by atoms with Crippen molar-refractivity contribution in [2.75, 3.05) is 25.1 Å². The molecule has 94 valence electrons. The van der Waals surface area contributed by atoms with Crippen molar-refractivity contribution < 1.29 is 4.74 Å². The topological polar surface area (TPSA) is 51.4 Å². The number of ether oxygens (including phenoxy) is 1. The van der Waals surface area contributed by atoms with Gasteiger partial charge in [-0.2, -0.15) is 0 Å². The van der Waals surface area contributed by atoms with E-state index in [0.717, 1.165) is 31.0 Å². The highest BCUT2D eigenvalue weighted by Gasteiger charge is 2.27.